The van der Waals surface area contributed by atoms with Crippen molar-refractivity contribution in [1.29, 1.82) is 0 Å². The highest BCUT2D eigenvalue weighted by Crippen LogP contribution is 2.28. The van der Waals surface area contributed by atoms with Crippen LogP contribution < -0.4 is 5.73 Å². The number of thioether (sulfide) groups is 1. The third-order valence-corrected chi connectivity index (χ3v) is 4.78. The van der Waals surface area contributed by atoms with Crippen LogP contribution in [0.25, 0.3) is 0 Å². The van der Waals surface area contributed by atoms with Gasteiger partial charge in [-0.15, -0.1) is 0 Å². The SMILES string of the molecule is NC1(CCN2CCCCC2)CCSC1. The van der Waals surface area contributed by atoms with Crippen LogP contribution in [0.1, 0.15) is 32.1 Å². The van der Waals surface area contributed by atoms with Crippen LogP contribution in [-0.2, 0) is 0 Å². The number of hydrogen-bond donors (Lipinski definition) is 1. The molecule has 14 heavy (non-hydrogen) atoms. The molecule has 0 saturated carbocycles. The maximum atomic E-state index is 6.33. The summed E-state index contributed by atoms with van der Waals surface area (Å²) >= 11 is 2.02. The molecule has 2 aliphatic heterocycles. The van der Waals surface area contributed by atoms with Gasteiger partial charge in [0.15, 0.2) is 0 Å². The highest BCUT2D eigenvalue weighted by molar-refractivity contribution is 7.99. The van der Waals surface area contributed by atoms with Gasteiger partial charge in [0.25, 0.3) is 0 Å². The summed E-state index contributed by atoms with van der Waals surface area (Å²) in [6.07, 6.45) is 6.66. The molecule has 0 aromatic carbocycles. The first-order valence-electron chi connectivity index (χ1n) is 5.88. The first-order chi connectivity index (χ1) is 6.79. The lowest BCUT2D eigenvalue weighted by Crippen LogP contribution is -2.44. The average molecular weight is 214 g/mol. The number of likely N-dealkylation sites (tertiary alicyclic amines) is 1. The molecule has 0 radical (unpaired) electrons. The predicted molar refractivity (Wildman–Crippen MR) is 63.8 cm³/mol. The number of nitrogens with two attached hydrogens (primary N) is 1. The Morgan fingerprint density at radius 3 is 2.64 bits per heavy atom. The Balaban J connectivity index is 1.70. The molecule has 0 aromatic rings. The van der Waals surface area contributed by atoms with E-state index in [9.17, 15) is 0 Å². The van der Waals surface area contributed by atoms with Crippen LogP contribution in [0, 0.1) is 0 Å². The number of hydrogen-bond acceptors (Lipinski definition) is 3. The van der Waals surface area contributed by atoms with Crippen LogP contribution in [0.5, 0.6) is 0 Å². The molecule has 1 atom stereocenters. The number of piperidine rings is 1. The van der Waals surface area contributed by atoms with Crippen molar-refractivity contribution in [2.75, 3.05) is 31.1 Å². The highest BCUT2D eigenvalue weighted by atomic mass is 32.2. The Hall–Kier alpha value is 0.270. The van der Waals surface area contributed by atoms with E-state index in [1.807, 2.05) is 11.8 Å². The third kappa shape index (κ3) is 2.88. The quantitative estimate of drug-likeness (QED) is 0.775. The lowest BCUT2D eigenvalue weighted by atomic mass is 9.95. The molecule has 3 heteroatoms. The van der Waals surface area contributed by atoms with Gasteiger partial charge >= 0.3 is 0 Å². The van der Waals surface area contributed by atoms with E-state index in [-0.39, 0.29) is 5.54 Å². The maximum Gasteiger partial charge on any atom is 0.0266 e. The van der Waals surface area contributed by atoms with Crippen molar-refractivity contribution in [2.45, 2.75) is 37.6 Å². The largest absolute Gasteiger partial charge is 0.324 e. The van der Waals surface area contributed by atoms with Gasteiger partial charge in [-0.1, -0.05) is 6.42 Å². The highest BCUT2D eigenvalue weighted by Gasteiger charge is 2.30. The van der Waals surface area contributed by atoms with Crippen molar-refractivity contribution in [1.82, 2.24) is 4.90 Å². The summed E-state index contributed by atoms with van der Waals surface area (Å²) in [6, 6.07) is 0. The summed E-state index contributed by atoms with van der Waals surface area (Å²) in [7, 11) is 0. The molecule has 2 rings (SSSR count). The lowest BCUT2D eigenvalue weighted by molar-refractivity contribution is 0.209. The van der Waals surface area contributed by atoms with Crippen LogP contribution in [0.3, 0.4) is 0 Å². The van der Waals surface area contributed by atoms with Crippen molar-refractivity contribution < 1.29 is 0 Å². The molecular weight excluding hydrogens is 192 g/mol. The third-order valence-electron chi connectivity index (χ3n) is 3.51. The second-order valence-electron chi connectivity index (χ2n) is 4.82. The fraction of sp³-hybridized carbons (Fsp3) is 1.00. The molecule has 0 bridgehead atoms. The number of rotatable bonds is 3. The molecular formula is C11H22N2S. The normalized spacial score (nSPS) is 34.9. The minimum Gasteiger partial charge on any atom is -0.324 e. The fourth-order valence-electron chi connectivity index (χ4n) is 2.38. The zero-order chi connectivity index (χ0) is 9.86. The molecule has 0 amide bonds. The Kier molecular flexibility index (Phi) is 3.74. The Morgan fingerprint density at radius 2 is 2.00 bits per heavy atom. The molecule has 0 aromatic heterocycles. The van der Waals surface area contributed by atoms with Gasteiger partial charge < -0.3 is 10.6 Å². The first-order valence-corrected chi connectivity index (χ1v) is 7.03. The Morgan fingerprint density at radius 1 is 1.21 bits per heavy atom. The van der Waals surface area contributed by atoms with E-state index in [0.29, 0.717) is 0 Å². The van der Waals surface area contributed by atoms with Crippen LogP contribution in [0.4, 0.5) is 0 Å². The summed E-state index contributed by atoms with van der Waals surface area (Å²) in [4.78, 5) is 2.60. The fourth-order valence-corrected chi connectivity index (χ4v) is 3.77. The molecule has 2 N–H and O–H groups in total. The number of nitrogens with zero attached hydrogens (tertiary/aromatic N) is 1. The standard InChI is InChI=1S/C11H22N2S/c12-11(5-9-14-10-11)4-8-13-6-2-1-3-7-13/h1-10,12H2. The molecule has 82 valence electrons. The van der Waals surface area contributed by atoms with Gasteiger partial charge in [0, 0.05) is 11.3 Å². The monoisotopic (exact) mass is 214 g/mol. The van der Waals surface area contributed by atoms with Crippen molar-refractivity contribution >= 4 is 11.8 Å². The van der Waals surface area contributed by atoms with Crippen LogP contribution in [-0.4, -0.2) is 41.6 Å². The van der Waals surface area contributed by atoms with Gasteiger partial charge in [-0.25, -0.2) is 0 Å². The summed E-state index contributed by atoms with van der Waals surface area (Å²) in [5, 5.41) is 0. The molecule has 2 fully saturated rings. The van der Waals surface area contributed by atoms with Gasteiger partial charge in [-0.3, -0.25) is 0 Å². The van der Waals surface area contributed by atoms with Gasteiger partial charge in [0.1, 0.15) is 0 Å². The molecule has 0 spiro atoms. The molecule has 2 nitrogen and oxygen atoms in total. The second-order valence-corrected chi connectivity index (χ2v) is 5.92. The zero-order valence-electron chi connectivity index (χ0n) is 9.00. The summed E-state index contributed by atoms with van der Waals surface area (Å²) in [6.45, 7) is 3.85. The minimum atomic E-state index is 0.169. The van der Waals surface area contributed by atoms with E-state index >= 15 is 0 Å². The van der Waals surface area contributed by atoms with Gasteiger partial charge in [-0.05, 0) is 51.1 Å². The Labute approximate surface area is 91.6 Å². The maximum absolute atomic E-state index is 6.33. The summed E-state index contributed by atoms with van der Waals surface area (Å²) in [5.74, 6) is 2.46. The average Bonchev–Trinajstić information content (AvgIpc) is 2.65. The van der Waals surface area contributed by atoms with E-state index in [2.05, 4.69) is 4.90 Å². The first kappa shape index (κ1) is 10.8. The molecule has 2 aliphatic rings. The minimum absolute atomic E-state index is 0.169. The summed E-state index contributed by atoms with van der Waals surface area (Å²) < 4.78 is 0. The van der Waals surface area contributed by atoms with E-state index in [0.717, 1.165) is 0 Å². The molecule has 0 aliphatic carbocycles. The van der Waals surface area contributed by atoms with Gasteiger partial charge in [0.2, 0.25) is 0 Å². The smallest absolute Gasteiger partial charge is 0.0266 e. The van der Waals surface area contributed by atoms with E-state index in [1.54, 1.807) is 0 Å². The van der Waals surface area contributed by atoms with Crippen molar-refractivity contribution in [3.05, 3.63) is 0 Å². The van der Waals surface area contributed by atoms with E-state index < -0.39 is 0 Å². The summed E-state index contributed by atoms with van der Waals surface area (Å²) in [5.41, 5.74) is 6.50. The van der Waals surface area contributed by atoms with Crippen LogP contribution in [0.15, 0.2) is 0 Å². The zero-order valence-corrected chi connectivity index (χ0v) is 9.82. The molecule has 1 unspecified atom stereocenters. The van der Waals surface area contributed by atoms with Crippen LogP contribution >= 0.6 is 11.8 Å². The molecule has 2 saturated heterocycles. The van der Waals surface area contributed by atoms with E-state index in [1.165, 1.54) is 63.2 Å². The van der Waals surface area contributed by atoms with Crippen molar-refractivity contribution in [2.24, 2.45) is 5.73 Å². The van der Waals surface area contributed by atoms with Crippen molar-refractivity contribution in [3.8, 4) is 0 Å². The van der Waals surface area contributed by atoms with Gasteiger partial charge in [0.05, 0.1) is 0 Å². The Bertz CT molecular complexity index is 172. The van der Waals surface area contributed by atoms with E-state index in [4.69, 9.17) is 5.73 Å². The predicted octanol–water partition coefficient (Wildman–Crippen LogP) is 1.70. The lowest BCUT2D eigenvalue weighted by Gasteiger charge is -2.30. The van der Waals surface area contributed by atoms with Crippen molar-refractivity contribution in [3.63, 3.8) is 0 Å². The molecule has 2 heterocycles. The second kappa shape index (κ2) is 4.86. The van der Waals surface area contributed by atoms with Gasteiger partial charge in [-0.2, -0.15) is 11.8 Å². The topological polar surface area (TPSA) is 29.3 Å². The van der Waals surface area contributed by atoms with Crippen LogP contribution in [0.2, 0.25) is 0 Å².